The summed E-state index contributed by atoms with van der Waals surface area (Å²) in [5.74, 6) is -0.782. The van der Waals surface area contributed by atoms with E-state index in [2.05, 4.69) is 0 Å². The highest BCUT2D eigenvalue weighted by molar-refractivity contribution is 7.87. The molecule has 1 aromatic rings. The lowest BCUT2D eigenvalue weighted by atomic mass is 10.1. The van der Waals surface area contributed by atoms with Gasteiger partial charge in [0.15, 0.2) is 0 Å². The van der Waals surface area contributed by atoms with E-state index >= 15 is 0 Å². The highest BCUT2D eigenvalue weighted by atomic mass is 35.5. The summed E-state index contributed by atoms with van der Waals surface area (Å²) in [5.41, 5.74) is -1.10. The molecule has 1 saturated heterocycles. The number of benzene rings is 1. The lowest BCUT2D eigenvalue weighted by molar-refractivity contribution is -0.140. The Bertz CT molecular complexity index is 1130. The van der Waals surface area contributed by atoms with Crippen LogP contribution in [0.25, 0.3) is 0 Å². The molecule has 1 fully saturated rings. The highest BCUT2D eigenvalue weighted by Gasteiger charge is 2.38. The molecule has 1 aliphatic heterocycles. The zero-order chi connectivity index (χ0) is 30.3. The zero-order valence-corrected chi connectivity index (χ0v) is 26.0. The number of methoxy groups -OCH3 is 1. The molecule has 13 heteroatoms. The minimum Gasteiger partial charge on any atom is -0.468 e. The molecule has 0 radical (unpaired) electrons. The zero-order valence-electron chi connectivity index (χ0n) is 24.4. The molecule has 0 N–H and O–H groups in total. The van der Waals surface area contributed by atoms with Crippen molar-refractivity contribution in [1.82, 2.24) is 13.5 Å². The maximum absolute atomic E-state index is 13.9. The lowest BCUT2D eigenvalue weighted by Crippen LogP contribution is -2.50. The first-order valence-corrected chi connectivity index (χ1v) is 15.0. The predicted molar refractivity (Wildman–Crippen MR) is 151 cm³/mol. The number of hydrogen-bond donors (Lipinski definition) is 0. The molecule has 2 rings (SSSR count). The average molecular weight is 604 g/mol. The summed E-state index contributed by atoms with van der Waals surface area (Å²) in [6, 6.07) is 6.24. The Hall–Kier alpha value is -2.57. The van der Waals surface area contributed by atoms with Gasteiger partial charge in [-0.05, 0) is 84.9 Å². The Morgan fingerprint density at radius 2 is 1.62 bits per heavy atom. The predicted octanol–water partition coefficient (Wildman–Crippen LogP) is 4.98. The van der Waals surface area contributed by atoms with Gasteiger partial charge in [0.05, 0.1) is 13.7 Å². The van der Waals surface area contributed by atoms with E-state index in [4.69, 9.17) is 25.8 Å². The molecule has 0 aromatic heterocycles. The summed E-state index contributed by atoms with van der Waals surface area (Å²) in [6.07, 6.45) is 0.877. The van der Waals surface area contributed by atoms with E-state index in [1.807, 2.05) is 0 Å². The molecule has 0 aliphatic carbocycles. The van der Waals surface area contributed by atoms with Crippen molar-refractivity contribution in [3.05, 3.63) is 34.9 Å². The molecule has 1 atom stereocenters. The molecule has 226 valence electrons. The molecule has 1 aromatic carbocycles. The number of rotatable bonds is 10. The van der Waals surface area contributed by atoms with Crippen LogP contribution in [0.3, 0.4) is 0 Å². The molecule has 0 saturated carbocycles. The quantitative estimate of drug-likeness (QED) is 0.271. The third-order valence-corrected chi connectivity index (χ3v) is 7.98. The second-order valence-corrected chi connectivity index (χ2v) is 13.9. The SMILES string of the molecule is COC(=O)CN(CCC[C@@H]1CCCN1C(=O)OC(C)(C)C)S(=O)(=O)N(Cc1ccc(Cl)cc1)C(=O)OC(C)(C)C. The summed E-state index contributed by atoms with van der Waals surface area (Å²) < 4.78 is 44.9. The molecule has 0 spiro atoms. The van der Waals surface area contributed by atoms with Gasteiger partial charge >= 0.3 is 28.4 Å². The number of nitrogens with zero attached hydrogens (tertiary/aromatic N) is 3. The number of hydrogen-bond acceptors (Lipinski definition) is 8. The van der Waals surface area contributed by atoms with Crippen LogP contribution in [0.4, 0.5) is 9.59 Å². The fourth-order valence-corrected chi connectivity index (χ4v) is 5.70. The van der Waals surface area contributed by atoms with Gasteiger partial charge in [-0.15, -0.1) is 0 Å². The van der Waals surface area contributed by atoms with Crippen molar-refractivity contribution in [1.29, 1.82) is 0 Å². The number of carbonyl (C=O) groups excluding carboxylic acids is 3. The van der Waals surface area contributed by atoms with Gasteiger partial charge in [-0.25, -0.2) is 9.59 Å². The van der Waals surface area contributed by atoms with E-state index in [0.717, 1.165) is 24.3 Å². The van der Waals surface area contributed by atoms with Crippen molar-refractivity contribution in [2.45, 2.75) is 91.0 Å². The molecule has 0 unspecified atom stereocenters. The van der Waals surface area contributed by atoms with Crippen LogP contribution in [0.2, 0.25) is 5.02 Å². The third-order valence-electron chi connectivity index (χ3n) is 5.92. The van der Waals surface area contributed by atoms with E-state index in [1.165, 1.54) is 0 Å². The van der Waals surface area contributed by atoms with E-state index in [9.17, 15) is 22.8 Å². The van der Waals surface area contributed by atoms with Crippen molar-refractivity contribution in [3.8, 4) is 0 Å². The summed E-state index contributed by atoms with van der Waals surface area (Å²) in [6.45, 7) is 9.81. The van der Waals surface area contributed by atoms with Gasteiger partial charge in [-0.1, -0.05) is 23.7 Å². The van der Waals surface area contributed by atoms with Gasteiger partial charge in [-0.3, -0.25) is 4.79 Å². The van der Waals surface area contributed by atoms with Crippen LogP contribution in [0.5, 0.6) is 0 Å². The summed E-state index contributed by atoms with van der Waals surface area (Å²) in [4.78, 5) is 39.7. The molecule has 11 nitrogen and oxygen atoms in total. The Labute approximate surface area is 242 Å². The Morgan fingerprint density at radius 1 is 1.02 bits per heavy atom. The van der Waals surface area contributed by atoms with Crippen molar-refractivity contribution in [2.75, 3.05) is 26.7 Å². The van der Waals surface area contributed by atoms with Crippen molar-refractivity contribution in [2.24, 2.45) is 0 Å². The van der Waals surface area contributed by atoms with Gasteiger partial charge in [0, 0.05) is 24.2 Å². The van der Waals surface area contributed by atoms with E-state index in [1.54, 1.807) is 70.7 Å². The number of amides is 2. The van der Waals surface area contributed by atoms with Crippen molar-refractivity contribution in [3.63, 3.8) is 0 Å². The smallest absolute Gasteiger partial charge is 0.425 e. The van der Waals surface area contributed by atoms with Gasteiger partial charge in [0.2, 0.25) is 0 Å². The normalized spacial score (nSPS) is 16.1. The van der Waals surface area contributed by atoms with Crippen LogP contribution < -0.4 is 0 Å². The summed E-state index contributed by atoms with van der Waals surface area (Å²) in [5, 5.41) is 0.454. The minimum absolute atomic E-state index is 0.0873. The van der Waals surface area contributed by atoms with Crippen LogP contribution >= 0.6 is 11.6 Å². The van der Waals surface area contributed by atoms with E-state index in [-0.39, 0.29) is 19.1 Å². The number of carbonyl (C=O) groups is 3. The minimum atomic E-state index is -4.54. The number of ether oxygens (including phenoxy) is 3. The van der Waals surface area contributed by atoms with E-state index in [0.29, 0.717) is 34.3 Å². The number of esters is 1. The lowest BCUT2D eigenvalue weighted by Gasteiger charge is -2.32. The molecule has 1 aliphatic rings. The van der Waals surface area contributed by atoms with E-state index < -0.39 is 46.1 Å². The summed E-state index contributed by atoms with van der Waals surface area (Å²) in [7, 11) is -3.39. The maximum Gasteiger partial charge on any atom is 0.425 e. The third kappa shape index (κ3) is 10.4. The second kappa shape index (κ2) is 13.9. The fraction of sp³-hybridized carbons (Fsp3) is 0.667. The molecule has 40 heavy (non-hydrogen) atoms. The Kier molecular flexibility index (Phi) is 11.7. The first-order chi connectivity index (χ1) is 18.4. The largest absolute Gasteiger partial charge is 0.468 e. The van der Waals surface area contributed by atoms with Crippen LogP contribution in [0.15, 0.2) is 24.3 Å². The average Bonchev–Trinajstić information content (AvgIpc) is 3.29. The molecular formula is C27H42ClN3O8S. The maximum atomic E-state index is 13.9. The topological polar surface area (TPSA) is 123 Å². The van der Waals surface area contributed by atoms with Crippen LogP contribution in [0.1, 0.15) is 72.8 Å². The Balaban J connectivity index is 2.27. The first kappa shape index (κ1) is 33.6. The fourth-order valence-electron chi connectivity index (χ4n) is 4.13. The first-order valence-electron chi connectivity index (χ1n) is 13.2. The Morgan fingerprint density at radius 3 is 2.17 bits per heavy atom. The summed E-state index contributed by atoms with van der Waals surface area (Å²) >= 11 is 5.97. The molecular weight excluding hydrogens is 562 g/mol. The van der Waals surface area contributed by atoms with Gasteiger partial charge in [0.25, 0.3) is 0 Å². The number of halogens is 1. The monoisotopic (exact) mass is 603 g/mol. The molecule has 2 amide bonds. The second-order valence-electron chi connectivity index (χ2n) is 11.6. The van der Waals surface area contributed by atoms with Crippen molar-refractivity contribution < 1.29 is 37.0 Å². The van der Waals surface area contributed by atoms with Gasteiger partial charge < -0.3 is 19.1 Å². The van der Waals surface area contributed by atoms with Crippen LogP contribution in [0, 0.1) is 0 Å². The highest BCUT2D eigenvalue weighted by Crippen LogP contribution is 2.25. The molecule has 0 bridgehead atoms. The van der Waals surface area contributed by atoms with Crippen LogP contribution in [-0.2, 0) is 35.8 Å². The number of likely N-dealkylation sites (tertiary alicyclic amines) is 1. The van der Waals surface area contributed by atoms with Gasteiger partial charge in [-0.2, -0.15) is 17.0 Å². The standard InChI is InChI=1S/C27H42ClN3O8S/c1-26(2,3)38-24(33)30-17-9-11-22(30)10-8-16-29(19-23(32)37-7)40(35,36)31(25(34)39-27(4,5)6)18-20-12-14-21(28)15-13-20/h12-15,22H,8-11,16-19H2,1-7H3/t22-/m1/s1. The van der Waals surface area contributed by atoms with Crippen molar-refractivity contribution >= 4 is 40.0 Å². The molecule has 1 heterocycles. The van der Waals surface area contributed by atoms with Crippen LogP contribution in [-0.4, -0.2) is 84.1 Å². The van der Waals surface area contributed by atoms with Gasteiger partial charge in [0.1, 0.15) is 17.7 Å².